The third kappa shape index (κ3) is 5.85. The highest BCUT2D eigenvalue weighted by atomic mass is 16.5. The van der Waals surface area contributed by atoms with Crippen molar-refractivity contribution in [2.24, 2.45) is 17.8 Å². The quantitative estimate of drug-likeness (QED) is 0.561. The highest BCUT2D eigenvalue weighted by Gasteiger charge is 2.18. The van der Waals surface area contributed by atoms with Gasteiger partial charge in [0.05, 0.1) is 12.5 Å². The minimum Gasteiger partial charge on any atom is -0.466 e. The Morgan fingerprint density at radius 2 is 2.22 bits per heavy atom. The maximum absolute atomic E-state index is 11.4. The van der Waals surface area contributed by atoms with Crippen LogP contribution in [-0.2, 0) is 9.53 Å². The molecule has 0 heterocycles. The van der Waals surface area contributed by atoms with Crippen LogP contribution in [0.3, 0.4) is 0 Å². The molecule has 0 aliphatic heterocycles. The fourth-order valence-corrected chi connectivity index (χ4v) is 2.81. The van der Waals surface area contributed by atoms with Gasteiger partial charge >= 0.3 is 5.97 Å². The fourth-order valence-electron chi connectivity index (χ4n) is 2.81. The third-order valence-electron chi connectivity index (χ3n) is 3.91. The summed E-state index contributed by atoms with van der Waals surface area (Å²) in [7, 11) is 0. The van der Waals surface area contributed by atoms with Gasteiger partial charge in [0.15, 0.2) is 0 Å². The molecule has 0 spiro atoms. The van der Waals surface area contributed by atoms with Gasteiger partial charge in [0.25, 0.3) is 0 Å². The number of hydrogen-bond acceptors (Lipinski definition) is 3. The maximum atomic E-state index is 11.4. The van der Waals surface area contributed by atoms with E-state index in [0.717, 1.165) is 24.9 Å². The fraction of sp³-hybridized carbons (Fsp3) is 0.933. The molecule has 0 aromatic rings. The van der Waals surface area contributed by atoms with E-state index in [1.807, 2.05) is 13.8 Å². The van der Waals surface area contributed by atoms with Crippen molar-refractivity contribution >= 4 is 5.97 Å². The van der Waals surface area contributed by atoms with E-state index < -0.39 is 0 Å². The molecule has 18 heavy (non-hydrogen) atoms. The zero-order valence-electron chi connectivity index (χ0n) is 12.2. The van der Waals surface area contributed by atoms with Crippen molar-refractivity contribution < 1.29 is 9.53 Å². The summed E-state index contributed by atoms with van der Waals surface area (Å²) >= 11 is 0. The van der Waals surface area contributed by atoms with Crippen molar-refractivity contribution in [2.75, 3.05) is 19.7 Å². The Bertz CT molecular complexity index is 243. The van der Waals surface area contributed by atoms with Crippen LogP contribution in [0.4, 0.5) is 0 Å². The monoisotopic (exact) mass is 255 g/mol. The van der Waals surface area contributed by atoms with E-state index in [2.05, 4.69) is 12.2 Å². The Kier molecular flexibility index (Phi) is 7.33. The molecule has 3 nitrogen and oxygen atoms in total. The Morgan fingerprint density at radius 1 is 1.44 bits per heavy atom. The average Bonchev–Trinajstić information content (AvgIpc) is 2.35. The molecule has 3 atom stereocenters. The Morgan fingerprint density at radius 3 is 2.89 bits per heavy atom. The molecule has 0 amide bonds. The van der Waals surface area contributed by atoms with Crippen LogP contribution in [0.2, 0.25) is 0 Å². The lowest BCUT2D eigenvalue weighted by molar-refractivity contribution is -0.147. The topological polar surface area (TPSA) is 38.3 Å². The predicted octanol–water partition coefficient (Wildman–Crippen LogP) is 2.99. The lowest BCUT2D eigenvalue weighted by Gasteiger charge is -2.26. The second-order valence-corrected chi connectivity index (χ2v) is 5.78. The molecular weight excluding hydrogens is 226 g/mol. The van der Waals surface area contributed by atoms with Crippen LogP contribution >= 0.6 is 0 Å². The normalized spacial score (nSPS) is 25.7. The molecule has 0 radical (unpaired) electrons. The van der Waals surface area contributed by atoms with Gasteiger partial charge in [0.1, 0.15) is 0 Å². The van der Waals surface area contributed by atoms with Gasteiger partial charge in [-0.1, -0.05) is 33.1 Å². The van der Waals surface area contributed by atoms with Crippen molar-refractivity contribution in [3.63, 3.8) is 0 Å². The molecule has 1 saturated carbocycles. The van der Waals surface area contributed by atoms with E-state index in [9.17, 15) is 4.79 Å². The molecule has 0 aromatic carbocycles. The molecular formula is C15H29NO2. The van der Waals surface area contributed by atoms with Gasteiger partial charge in [-0.3, -0.25) is 4.79 Å². The molecule has 3 heteroatoms. The number of carbonyl (C=O) groups excluding carboxylic acids is 1. The van der Waals surface area contributed by atoms with E-state index in [-0.39, 0.29) is 11.9 Å². The maximum Gasteiger partial charge on any atom is 0.309 e. The molecule has 0 bridgehead atoms. The number of hydrogen-bond donors (Lipinski definition) is 1. The first kappa shape index (κ1) is 15.5. The van der Waals surface area contributed by atoms with Gasteiger partial charge in [-0.25, -0.2) is 0 Å². The standard InChI is InChI=1S/C15H29NO2/c1-4-18-15(17)13(3)11-16-9-8-14-7-5-6-12(2)10-14/h12-14,16H,4-11H2,1-3H3. The van der Waals surface area contributed by atoms with Crippen LogP contribution in [0.1, 0.15) is 52.9 Å². The number of carbonyl (C=O) groups is 1. The molecule has 0 saturated heterocycles. The molecule has 1 fully saturated rings. The molecule has 0 aromatic heterocycles. The first-order valence-corrected chi connectivity index (χ1v) is 7.50. The van der Waals surface area contributed by atoms with Crippen molar-refractivity contribution in [3.05, 3.63) is 0 Å². The second-order valence-electron chi connectivity index (χ2n) is 5.78. The largest absolute Gasteiger partial charge is 0.466 e. The van der Waals surface area contributed by atoms with Crippen LogP contribution < -0.4 is 5.32 Å². The summed E-state index contributed by atoms with van der Waals surface area (Å²) < 4.78 is 4.99. The molecule has 106 valence electrons. The summed E-state index contributed by atoms with van der Waals surface area (Å²) in [6.07, 6.45) is 6.82. The van der Waals surface area contributed by atoms with Gasteiger partial charge in [0, 0.05) is 6.54 Å². The van der Waals surface area contributed by atoms with Crippen LogP contribution in [0, 0.1) is 17.8 Å². The second kappa shape index (κ2) is 8.52. The van der Waals surface area contributed by atoms with Gasteiger partial charge in [-0.05, 0) is 38.1 Å². The van der Waals surface area contributed by atoms with E-state index >= 15 is 0 Å². The zero-order chi connectivity index (χ0) is 13.4. The lowest BCUT2D eigenvalue weighted by Crippen LogP contribution is -2.29. The summed E-state index contributed by atoms with van der Waals surface area (Å²) in [6.45, 7) is 8.38. The number of ether oxygens (including phenoxy) is 1. The van der Waals surface area contributed by atoms with Crippen molar-refractivity contribution in [3.8, 4) is 0 Å². The highest BCUT2D eigenvalue weighted by Crippen LogP contribution is 2.30. The molecule has 1 aliphatic rings. The SMILES string of the molecule is CCOC(=O)C(C)CNCCC1CCCC(C)C1. The first-order valence-electron chi connectivity index (χ1n) is 7.50. The van der Waals surface area contributed by atoms with E-state index in [4.69, 9.17) is 4.74 Å². The van der Waals surface area contributed by atoms with Crippen LogP contribution in [0.5, 0.6) is 0 Å². The van der Waals surface area contributed by atoms with Crippen molar-refractivity contribution in [2.45, 2.75) is 52.9 Å². The van der Waals surface area contributed by atoms with Gasteiger partial charge in [-0.15, -0.1) is 0 Å². The first-order chi connectivity index (χ1) is 8.63. The van der Waals surface area contributed by atoms with Crippen molar-refractivity contribution in [1.82, 2.24) is 5.32 Å². The third-order valence-corrected chi connectivity index (χ3v) is 3.91. The molecule has 1 N–H and O–H groups in total. The summed E-state index contributed by atoms with van der Waals surface area (Å²) in [4.78, 5) is 11.4. The zero-order valence-corrected chi connectivity index (χ0v) is 12.2. The number of rotatable bonds is 7. The molecule has 1 aliphatic carbocycles. The summed E-state index contributed by atoms with van der Waals surface area (Å²) in [6, 6.07) is 0. The molecule has 3 unspecified atom stereocenters. The Labute approximate surface area is 112 Å². The summed E-state index contributed by atoms with van der Waals surface area (Å²) in [5.41, 5.74) is 0. The van der Waals surface area contributed by atoms with Gasteiger partial charge in [-0.2, -0.15) is 0 Å². The smallest absolute Gasteiger partial charge is 0.309 e. The van der Waals surface area contributed by atoms with Gasteiger partial charge in [0.2, 0.25) is 0 Å². The van der Waals surface area contributed by atoms with E-state index in [0.29, 0.717) is 6.61 Å². The lowest BCUT2D eigenvalue weighted by atomic mass is 9.81. The summed E-state index contributed by atoms with van der Waals surface area (Å²) in [5, 5.41) is 3.39. The number of nitrogens with one attached hydrogen (secondary N) is 1. The van der Waals surface area contributed by atoms with Gasteiger partial charge < -0.3 is 10.1 Å². The average molecular weight is 255 g/mol. The van der Waals surface area contributed by atoms with Crippen molar-refractivity contribution in [1.29, 1.82) is 0 Å². The highest BCUT2D eigenvalue weighted by molar-refractivity contribution is 5.72. The van der Waals surface area contributed by atoms with Crippen LogP contribution in [0.15, 0.2) is 0 Å². The Balaban J connectivity index is 2.05. The Hall–Kier alpha value is -0.570. The van der Waals surface area contributed by atoms with E-state index in [1.54, 1.807) is 0 Å². The minimum atomic E-state index is -0.0868. The minimum absolute atomic E-state index is 0.0322. The van der Waals surface area contributed by atoms with Crippen LogP contribution in [0.25, 0.3) is 0 Å². The molecule has 1 rings (SSSR count). The van der Waals surface area contributed by atoms with E-state index in [1.165, 1.54) is 32.1 Å². The number of esters is 1. The predicted molar refractivity (Wildman–Crippen MR) is 74.4 cm³/mol. The summed E-state index contributed by atoms with van der Waals surface area (Å²) in [5.74, 6) is 1.67. The van der Waals surface area contributed by atoms with Crippen LogP contribution in [-0.4, -0.2) is 25.7 Å².